The molecule has 1 aliphatic heterocycles. The zero-order chi connectivity index (χ0) is 19.5. The second kappa shape index (κ2) is 11.9. The highest BCUT2D eigenvalue weighted by Crippen LogP contribution is 2.40. The molecule has 3 atom stereocenters. The summed E-state index contributed by atoms with van der Waals surface area (Å²) in [6, 6.07) is 12.5. The second-order valence-electron chi connectivity index (χ2n) is 5.57. The normalized spacial score (nSPS) is 21.4. The Morgan fingerprint density at radius 3 is 2.12 bits per heavy atom. The van der Waals surface area contributed by atoms with Gasteiger partial charge < -0.3 is 18.9 Å². The van der Waals surface area contributed by atoms with Gasteiger partial charge in [-0.2, -0.15) is 0 Å². The van der Waals surface area contributed by atoms with Crippen molar-refractivity contribution < 1.29 is 18.9 Å². The largest absolute Gasteiger partial charge is 0.496 e. The van der Waals surface area contributed by atoms with Crippen LogP contribution in [0.1, 0.15) is 45.8 Å². The monoisotopic (exact) mass is 362 g/mol. The maximum absolute atomic E-state index is 6.15. The number of hydrogen-bond acceptors (Lipinski definition) is 4. The summed E-state index contributed by atoms with van der Waals surface area (Å²) in [5, 5.41) is 2.35. The highest BCUT2D eigenvalue weighted by atomic mass is 16.6. The Bertz CT molecular complexity index is 641. The minimum Gasteiger partial charge on any atom is -0.496 e. The number of rotatable bonds is 5. The molecule has 26 heavy (non-hydrogen) atoms. The van der Waals surface area contributed by atoms with Crippen LogP contribution >= 0.6 is 0 Å². The average molecular weight is 363 g/mol. The van der Waals surface area contributed by atoms with Crippen LogP contribution in [0.15, 0.2) is 36.4 Å². The minimum atomic E-state index is -0.0452. The highest BCUT2D eigenvalue weighted by Gasteiger charge is 2.37. The predicted octanol–water partition coefficient (Wildman–Crippen LogP) is 5.39. The van der Waals surface area contributed by atoms with E-state index in [-0.39, 0.29) is 18.3 Å². The lowest BCUT2D eigenvalue weighted by atomic mass is 9.99. The topological polar surface area (TPSA) is 36.9 Å². The van der Waals surface area contributed by atoms with Crippen LogP contribution in [0, 0.1) is 0 Å². The van der Waals surface area contributed by atoms with Gasteiger partial charge in [-0.1, -0.05) is 52.0 Å². The van der Waals surface area contributed by atoms with E-state index in [9.17, 15) is 0 Å². The van der Waals surface area contributed by atoms with Gasteiger partial charge in [0, 0.05) is 26.2 Å². The predicted molar refractivity (Wildman–Crippen MR) is 108 cm³/mol. The summed E-state index contributed by atoms with van der Waals surface area (Å²) in [6.07, 6.45) is 0.765. The Morgan fingerprint density at radius 1 is 0.962 bits per heavy atom. The van der Waals surface area contributed by atoms with Gasteiger partial charge in [-0.05, 0) is 22.9 Å². The van der Waals surface area contributed by atoms with Crippen LogP contribution in [0.3, 0.4) is 0 Å². The molecule has 0 aromatic heterocycles. The zero-order valence-corrected chi connectivity index (χ0v) is 17.2. The molecule has 3 unspecified atom stereocenters. The van der Waals surface area contributed by atoms with Crippen molar-refractivity contribution in [1.82, 2.24) is 0 Å². The SMILES string of the molecule is CC.CC.COCC1OC(c2cc3ccccc3cc2OC)CC1OC. The number of benzene rings is 2. The quantitative estimate of drug-likeness (QED) is 0.714. The van der Waals surface area contributed by atoms with Crippen LogP contribution in [0.25, 0.3) is 10.8 Å². The smallest absolute Gasteiger partial charge is 0.125 e. The van der Waals surface area contributed by atoms with Gasteiger partial charge in [0.1, 0.15) is 11.9 Å². The molecular weight excluding hydrogens is 328 g/mol. The Labute approximate surface area is 158 Å². The molecule has 0 radical (unpaired) electrons. The molecule has 0 spiro atoms. The Balaban J connectivity index is 0.000000791. The molecular formula is C22H34O4. The summed E-state index contributed by atoms with van der Waals surface area (Å²) >= 11 is 0. The van der Waals surface area contributed by atoms with E-state index in [0.717, 1.165) is 23.1 Å². The fourth-order valence-electron chi connectivity index (χ4n) is 3.14. The van der Waals surface area contributed by atoms with Gasteiger partial charge in [-0.15, -0.1) is 0 Å². The number of ether oxygens (including phenoxy) is 4. The maximum atomic E-state index is 6.15. The lowest BCUT2D eigenvalue weighted by Crippen LogP contribution is -2.27. The van der Waals surface area contributed by atoms with E-state index in [1.807, 2.05) is 39.8 Å². The summed E-state index contributed by atoms with van der Waals surface area (Å²) < 4.78 is 22.5. The minimum absolute atomic E-state index is 0.0374. The van der Waals surface area contributed by atoms with Crippen LogP contribution in [0.5, 0.6) is 5.75 Å². The van der Waals surface area contributed by atoms with E-state index < -0.39 is 0 Å². The first-order valence-electron chi connectivity index (χ1n) is 9.50. The molecule has 2 aromatic rings. The van der Waals surface area contributed by atoms with Gasteiger partial charge in [0.15, 0.2) is 0 Å². The summed E-state index contributed by atoms with van der Waals surface area (Å²) in [7, 11) is 5.10. The lowest BCUT2D eigenvalue weighted by Gasteiger charge is -2.17. The third kappa shape index (κ3) is 5.19. The van der Waals surface area contributed by atoms with Crippen LogP contribution in [-0.4, -0.2) is 40.1 Å². The Hall–Kier alpha value is -1.62. The van der Waals surface area contributed by atoms with Gasteiger partial charge in [0.25, 0.3) is 0 Å². The van der Waals surface area contributed by atoms with Crippen LogP contribution in [0.4, 0.5) is 0 Å². The molecule has 3 rings (SSSR count). The van der Waals surface area contributed by atoms with Crippen molar-refractivity contribution >= 4 is 10.8 Å². The average Bonchev–Trinajstić information content (AvgIpc) is 3.13. The van der Waals surface area contributed by atoms with Crippen molar-refractivity contribution in [3.63, 3.8) is 0 Å². The molecule has 2 aromatic carbocycles. The van der Waals surface area contributed by atoms with Crippen molar-refractivity contribution in [2.24, 2.45) is 0 Å². The van der Waals surface area contributed by atoms with Crippen LogP contribution < -0.4 is 4.74 Å². The standard InChI is InChI=1S/C18H22O4.2C2H6/c1-19-11-18-17(21-3)10-16(22-18)14-8-12-6-4-5-7-13(12)9-15(14)20-2;2*1-2/h4-9,16-18H,10-11H2,1-3H3;2*1-2H3. The van der Waals surface area contributed by atoms with Crippen molar-refractivity contribution in [1.29, 1.82) is 0 Å². The van der Waals surface area contributed by atoms with E-state index in [4.69, 9.17) is 18.9 Å². The Morgan fingerprint density at radius 2 is 1.58 bits per heavy atom. The van der Waals surface area contributed by atoms with Gasteiger partial charge >= 0.3 is 0 Å². The van der Waals surface area contributed by atoms with Crippen molar-refractivity contribution in [3.05, 3.63) is 42.0 Å². The van der Waals surface area contributed by atoms with Gasteiger partial charge in [-0.25, -0.2) is 0 Å². The first kappa shape index (κ1) is 22.4. The fourth-order valence-corrected chi connectivity index (χ4v) is 3.14. The lowest BCUT2D eigenvalue weighted by molar-refractivity contribution is -0.0448. The Kier molecular flexibility index (Phi) is 10.3. The molecule has 1 saturated heterocycles. The molecule has 4 nitrogen and oxygen atoms in total. The van der Waals surface area contributed by atoms with E-state index >= 15 is 0 Å². The molecule has 0 aliphatic carbocycles. The van der Waals surface area contributed by atoms with Crippen molar-refractivity contribution in [2.75, 3.05) is 27.9 Å². The van der Waals surface area contributed by atoms with Crippen LogP contribution in [-0.2, 0) is 14.2 Å². The number of methoxy groups -OCH3 is 3. The zero-order valence-electron chi connectivity index (χ0n) is 17.2. The maximum Gasteiger partial charge on any atom is 0.125 e. The van der Waals surface area contributed by atoms with Crippen LogP contribution in [0.2, 0.25) is 0 Å². The third-order valence-corrected chi connectivity index (χ3v) is 4.28. The molecule has 0 saturated carbocycles. The van der Waals surface area contributed by atoms with Crippen molar-refractivity contribution in [2.45, 2.75) is 52.4 Å². The summed E-state index contributed by atoms with van der Waals surface area (Å²) in [5.41, 5.74) is 1.07. The molecule has 1 fully saturated rings. The molecule has 1 aliphatic rings. The van der Waals surface area contributed by atoms with E-state index in [1.165, 1.54) is 5.39 Å². The summed E-state index contributed by atoms with van der Waals surface area (Å²) in [4.78, 5) is 0. The molecule has 1 heterocycles. The molecule has 0 N–H and O–H groups in total. The summed E-state index contributed by atoms with van der Waals surface area (Å²) in [6.45, 7) is 8.53. The van der Waals surface area contributed by atoms with E-state index in [1.54, 1.807) is 21.3 Å². The fraction of sp³-hybridized carbons (Fsp3) is 0.545. The van der Waals surface area contributed by atoms with Gasteiger partial charge in [-0.3, -0.25) is 0 Å². The van der Waals surface area contributed by atoms with Gasteiger partial charge in [0.2, 0.25) is 0 Å². The highest BCUT2D eigenvalue weighted by molar-refractivity contribution is 5.85. The van der Waals surface area contributed by atoms with E-state index in [2.05, 4.69) is 24.3 Å². The van der Waals surface area contributed by atoms with E-state index in [0.29, 0.717) is 6.61 Å². The first-order chi connectivity index (χ1) is 12.8. The number of hydrogen-bond donors (Lipinski definition) is 0. The van der Waals surface area contributed by atoms with Gasteiger partial charge in [0.05, 0.1) is 25.9 Å². The molecule has 0 bridgehead atoms. The molecule has 146 valence electrons. The van der Waals surface area contributed by atoms with Crippen molar-refractivity contribution in [3.8, 4) is 5.75 Å². The summed E-state index contributed by atoms with van der Waals surface area (Å²) in [5.74, 6) is 0.858. The second-order valence-corrected chi connectivity index (χ2v) is 5.57. The molecule has 4 heteroatoms. The number of fused-ring (bicyclic) bond motifs is 1. The molecule has 0 amide bonds. The first-order valence-corrected chi connectivity index (χ1v) is 9.50. The third-order valence-electron chi connectivity index (χ3n) is 4.28.